The van der Waals surface area contributed by atoms with Gasteiger partial charge in [-0.2, -0.15) is 5.10 Å². The number of hydrogen-bond acceptors (Lipinski definition) is 4. The van der Waals surface area contributed by atoms with Crippen molar-refractivity contribution in [2.45, 2.75) is 45.4 Å². The zero-order valence-electron chi connectivity index (χ0n) is 19.7. The Morgan fingerprint density at radius 3 is 2.55 bits per heavy atom. The second-order valence-corrected chi connectivity index (χ2v) is 9.55. The van der Waals surface area contributed by atoms with Crippen LogP contribution in [0.4, 0.5) is 0 Å². The van der Waals surface area contributed by atoms with Crippen LogP contribution < -0.4 is 10.6 Å². The number of aromatic nitrogens is 3. The fourth-order valence-electron chi connectivity index (χ4n) is 4.52. The molecule has 0 radical (unpaired) electrons. The first-order chi connectivity index (χ1) is 15.9. The Kier molecular flexibility index (Phi) is 7.06. The monoisotopic (exact) mass is 447 g/mol. The molecular formula is C26H33N5O2. The summed E-state index contributed by atoms with van der Waals surface area (Å²) in [4.78, 5) is 30.1. The Balaban J connectivity index is 1.41. The van der Waals surface area contributed by atoms with Gasteiger partial charge in [-0.3, -0.25) is 19.3 Å². The van der Waals surface area contributed by atoms with Crippen molar-refractivity contribution in [2.24, 2.45) is 18.9 Å². The molecule has 0 aliphatic heterocycles. The molecule has 4 rings (SSSR count). The molecule has 3 aromatic rings. The number of para-hydroxylation sites is 1. The summed E-state index contributed by atoms with van der Waals surface area (Å²) in [6.07, 6.45) is 7.39. The third kappa shape index (κ3) is 5.59. The summed E-state index contributed by atoms with van der Waals surface area (Å²) in [5, 5.41) is 11.1. The summed E-state index contributed by atoms with van der Waals surface area (Å²) in [5.41, 5.74) is 3.17. The molecule has 2 heterocycles. The van der Waals surface area contributed by atoms with Crippen LogP contribution in [0, 0.1) is 11.8 Å². The van der Waals surface area contributed by atoms with Crippen molar-refractivity contribution in [3.05, 3.63) is 59.5 Å². The van der Waals surface area contributed by atoms with Gasteiger partial charge in [0.15, 0.2) is 0 Å². The van der Waals surface area contributed by atoms with Crippen LogP contribution in [0.15, 0.2) is 42.7 Å². The predicted octanol–water partition coefficient (Wildman–Crippen LogP) is 4.06. The number of nitrogens with one attached hydrogen (secondary N) is 2. The quantitative estimate of drug-likeness (QED) is 0.572. The number of carbonyl (C=O) groups excluding carboxylic acids is 2. The molecule has 33 heavy (non-hydrogen) atoms. The number of hydrogen-bond donors (Lipinski definition) is 2. The Labute approximate surface area is 195 Å². The molecule has 1 aliphatic rings. The van der Waals surface area contributed by atoms with E-state index in [4.69, 9.17) is 4.98 Å². The maximum atomic E-state index is 12.9. The first-order valence-electron chi connectivity index (χ1n) is 11.9. The van der Waals surface area contributed by atoms with Gasteiger partial charge in [0.05, 0.1) is 22.8 Å². The summed E-state index contributed by atoms with van der Waals surface area (Å²) in [6.45, 7) is 5.51. The number of amides is 2. The van der Waals surface area contributed by atoms with Crippen LogP contribution in [-0.2, 0) is 7.05 Å². The van der Waals surface area contributed by atoms with Crippen LogP contribution in [0.25, 0.3) is 10.9 Å². The molecule has 174 valence electrons. The molecule has 0 spiro atoms. The molecule has 2 amide bonds. The molecule has 1 fully saturated rings. The van der Waals surface area contributed by atoms with Crippen molar-refractivity contribution >= 4 is 22.7 Å². The van der Waals surface area contributed by atoms with E-state index in [9.17, 15) is 9.59 Å². The lowest BCUT2D eigenvalue weighted by atomic mass is 9.80. The van der Waals surface area contributed by atoms with E-state index in [0.717, 1.165) is 42.3 Å². The minimum atomic E-state index is -0.0709. The average molecular weight is 448 g/mol. The lowest BCUT2D eigenvalue weighted by Crippen LogP contribution is -2.31. The van der Waals surface area contributed by atoms with Gasteiger partial charge in [0.1, 0.15) is 0 Å². The second kappa shape index (κ2) is 10.1. The summed E-state index contributed by atoms with van der Waals surface area (Å²) >= 11 is 0. The van der Waals surface area contributed by atoms with Crippen molar-refractivity contribution < 1.29 is 9.59 Å². The molecule has 1 aliphatic carbocycles. The maximum absolute atomic E-state index is 12.9. The van der Waals surface area contributed by atoms with Crippen LogP contribution >= 0.6 is 0 Å². The first-order valence-corrected chi connectivity index (χ1v) is 11.9. The van der Waals surface area contributed by atoms with E-state index in [1.54, 1.807) is 24.1 Å². The average Bonchev–Trinajstić information content (AvgIpc) is 3.27. The number of nitrogens with zero attached hydrogens (tertiary/aromatic N) is 3. The number of benzene rings is 1. The van der Waals surface area contributed by atoms with E-state index in [-0.39, 0.29) is 11.8 Å². The summed E-state index contributed by atoms with van der Waals surface area (Å²) < 4.78 is 1.63. The van der Waals surface area contributed by atoms with Gasteiger partial charge in [-0.1, -0.05) is 32.0 Å². The van der Waals surface area contributed by atoms with Crippen LogP contribution in [-0.4, -0.2) is 39.7 Å². The van der Waals surface area contributed by atoms with Crippen molar-refractivity contribution in [1.82, 2.24) is 25.4 Å². The van der Waals surface area contributed by atoms with Crippen molar-refractivity contribution in [3.8, 4) is 0 Å². The maximum Gasteiger partial charge on any atom is 0.254 e. The molecule has 1 saturated carbocycles. The minimum Gasteiger partial charge on any atom is -0.352 e. The van der Waals surface area contributed by atoms with Crippen molar-refractivity contribution in [2.75, 3.05) is 13.1 Å². The highest BCUT2D eigenvalue weighted by molar-refractivity contribution is 6.06. The number of carbonyl (C=O) groups is 2. The predicted molar refractivity (Wildman–Crippen MR) is 129 cm³/mol. The molecule has 0 bridgehead atoms. The van der Waals surface area contributed by atoms with Crippen LogP contribution in [0.1, 0.15) is 71.9 Å². The van der Waals surface area contributed by atoms with E-state index in [1.165, 1.54) is 0 Å². The summed E-state index contributed by atoms with van der Waals surface area (Å²) in [7, 11) is 1.80. The van der Waals surface area contributed by atoms with E-state index in [0.29, 0.717) is 42.0 Å². The zero-order chi connectivity index (χ0) is 23.4. The SMILES string of the molecule is CC(C)CNC(=O)c1cc(C2CCC(CNC(=O)c3cnn(C)c3)CC2)nc2ccccc12. The lowest BCUT2D eigenvalue weighted by Gasteiger charge is -2.28. The topological polar surface area (TPSA) is 88.9 Å². The number of pyridine rings is 1. The lowest BCUT2D eigenvalue weighted by molar-refractivity contribution is 0.0938. The Bertz CT molecular complexity index is 1130. The summed E-state index contributed by atoms with van der Waals surface area (Å²) in [6, 6.07) is 9.87. The molecule has 2 aromatic heterocycles. The normalized spacial score (nSPS) is 18.4. The molecule has 0 unspecified atom stereocenters. The van der Waals surface area contributed by atoms with Gasteiger partial charge in [0, 0.05) is 43.3 Å². The zero-order valence-corrected chi connectivity index (χ0v) is 19.7. The van der Waals surface area contributed by atoms with Crippen LogP contribution in [0.3, 0.4) is 0 Å². The fraction of sp³-hybridized carbons (Fsp3) is 0.462. The highest BCUT2D eigenvalue weighted by Crippen LogP contribution is 2.36. The van der Waals surface area contributed by atoms with Crippen LogP contribution in [0.5, 0.6) is 0 Å². The van der Waals surface area contributed by atoms with Gasteiger partial charge in [-0.05, 0) is 49.7 Å². The number of aryl methyl sites for hydroxylation is 1. The highest BCUT2D eigenvalue weighted by atomic mass is 16.2. The third-order valence-electron chi connectivity index (χ3n) is 6.43. The standard InChI is InChI=1S/C26H33N5O2/c1-17(2)13-27-26(33)22-12-24(30-23-7-5-4-6-21(22)23)19-10-8-18(9-11-19)14-28-25(32)20-15-29-31(3)16-20/h4-7,12,15-19H,8-11,13-14H2,1-3H3,(H,27,33)(H,28,32). The molecule has 0 saturated heterocycles. The highest BCUT2D eigenvalue weighted by Gasteiger charge is 2.25. The molecule has 2 N–H and O–H groups in total. The molecule has 0 atom stereocenters. The second-order valence-electron chi connectivity index (χ2n) is 9.55. The Morgan fingerprint density at radius 1 is 1.09 bits per heavy atom. The van der Waals surface area contributed by atoms with Gasteiger partial charge < -0.3 is 10.6 Å². The van der Waals surface area contributed by atoms with E-state index >= 15 is 0 Å². The third-order valence-corrected chi connectivity index (χ3v) is 6.43. The Hall–Kier alpha value is -3.22. The van der Waals surface area contributed by atoms with E-state index in [2.05, 4.69) is 29.6 Å². The number of rotatable bonds is 7. The van der Waals surface area contributed by atoms with Gasteiger partial charge in [0.2, 0.25) is 0 Å². The van der Waals surface area contributed by atoms with Crippen molar-refractivity contribution in [3.63, 3.8) is 0 Å². The van der Waals surface area contributed by atoms with E-state index in [1.807, 2.05) is 30.3 Å². The Morgan fingerprint density at radius 2 is 1.85 bits per heavy atom. The minimum absolute atomic E-state index is 0.0321. The molecule has 7 heteroatoms. The van der Waals surface area contributed by atoms with Crippen LogP contribution in [0.2, 0.25) is 0 Å². The van der Waals surface area contributed by atoms with Gasteiger partial charge in [-0.15, -0.1) is 0 Å². The number of fused-ring (bicyclic) bond motifs is 1. The molecule has 1 aromatic carbocycles. The van der Waals surface area contributed by atoms with Gasteiger partial charge in [-0.25, -0.2) is 0 Å². The first kappa shape index (κ1) is 23.0. The van der Waals surface area contributed by atoms with Crippen molar-refractivity contribution in [1.29, 1.82) is 0 Å². The van der Waals surface area contributed by atoms with Gasteiger partial charge in [0.25, 0.3) is 11.8 Å². The van der Waals surface area contributed by atoms with E-state index < -0.39 is 0 Å². The fourth-order valence-corrected chi connectivity index (χ4v) is 4.52. The molecule has 7 nitrogen and oxygen atoms in total. The largest absolute Gasteiger partial charge is 0.352 e. The smallest absolute Gasteiger partial charge is 0.254 e. The van der Waals surface area contributed by atoms with Gasteiger partial charge >= 0.3 is 0 Å². The molecular weight excluding hydrogens is 414 g/mol. The summed E-state index contributed by atoms with van der Waals surface area (Å²) in [5.74, 6) is 1.08.